The first-order chi connectivity index (χ1) is 62.7. The quantitative estimate of drug-likeness (QED) is 0.0196. The van der Waals surface area contributed by atoms with Gasteiger partial charge in [0.25, 0.3) is 0 Å². The minimum Gasteiger partial charge on any atom is -0.481 e. The number of aromatic amines is 2. The van der Waals surface area contributed by atoms with E-state index in [2.05, 4.69) is 72.6 Å². The van der Waals surface area contributed by atoms with Gasteiger partial charge in [-0.3, -0.25) is 76.5 Å². The molecule has 0 aliphatic rings. The van der Waals surface area contributed by atoms with E-state index in [4.69, 9.17) is 29.8 Å². The normalized spacial score (nSPS) is 13.1. The number of carboxylic acids is 4. The summed E-state index contributed by atoms with van der Waals surface area (Å²) in [5.41, 5.74) is 8.42. The number of primary amides is 1. The minimum absolute atomic E-state index is 0.0103. The standard InChI is InChI=1S/C88H128N14O28S/c1-3-5-27-65(82(115)94-54-75(105)96-70(49-59-53-93-64-30-24-22-26-62(59)64)85(118)99-66(28-6-4-2)83(116)102-72(51-80(112)113)87(120)100-68(81(89)114)48-58-52-92-63-29-23-21-25-61(58)63)98-84(117)69(47-57-33-35-60(36-34-57)130-131(123,124)125)101-86(119)71(50-79(110)111)97-77(107)56-129-46-44-127-42-40-91-76(106)55-128-45-43-126-41-39-90-73(103)38-37-67(88(121)122)95-74(104)31-19-17-15-13-11-9-7-8-10-12-14-16-18-20-32-78(108)109/h21-26,29-30,33-36,52-53,65-72,92-93H,3-20,27-28,31-32,37-51,54-56H2,1-2H3,(H2,89,114)(H,90,103)(H,91,106)(H,94,115)(H,95,104)(H,96,105)(H,97,107)(H,98,117)(H,99,118)(H,100,120)(H,101,119)(H,102,116)(H,108,109)(H,110,111)(H,112,113)(H,121,122)(H,123,124,125)/t65-,66-,67-,68-,69-,70-,71-,72-/m0/s1. The largest absolute Gasteiger partial charge is 0.481 e. The number of ether oxygens (including phenoxy) is 4. The second-order valence-electron chi connectivity index (χ2n) is 31.5. The molecule has 20 N–H and O–H groups in total. The zero-order valence-corrected chi connectivity index (χ0v) is 74.9. The molecule has 12 amide bonds. The smallest absolute Gasteiger partial charge is 0.446 e. The number of unbranched alkanes of at least 4 members (excludes halogenated alkanes) is 15. The molecule has 724 valence electrons. The van der Waals surface area contributed by atoms with Crippen molar-refractivity contribution >= 4 is 127 Å². The summed E-state index contributed by atoms with van der Waals surface area (Å²) in [6.45, 7) is 1.67. The van der Waals surface area contributed by atoms with E-state index in [-0.39, 0.29) is 134 Å². The second-order valence-corrected chi connectivity index (χ2v) is 32.5. The fraction of sp³-hybridized carbons (Fsp3) is 0.568. The van der Waals surface area contributed by atoms with Gasteiger partial charge < -0.3 is 118 Å². The summed E-state index contributed by atoms with van der Waals surface area (Å²) in [4.78, 5) is 216. The Labute approximate surface area is 759 Å². The van der Waals surface area contributed by atoms with Crippen LogP contribution in [0.5, 0.6) is 5.75 Å². The molecule has 5 aromatic rings. The Kier molecular flexibility index (Phi) is 51.2. The molecule has 0 aliphatic carbocycles. The number of aromatic nitrogens is 2. The van der Waals surface area contributed by atoms with Gasteiger partial charge in [-0.15, -0.1) is 0 Å². The van der Waals surface area contributed by atoms with Gasteiger partial charge in [-0.2, -0.15) is 8.42 Å². The van der Waals surface area contributed by atoms with Crippen LogP contribution < -0.4 is 68.4 Å². The highest BCUT2D eigenvalue weighted by Gasteiger charge is 2.36. The molecule has 0 saturated heterocycles. The molecule has 5 rings (SSSR count). The number of carbonyl (C=O) groups is 16. The van der Waals surface area contributed by atoms with Crippen molar-refractivity contribution in [2.45, 2.75) is 248 Å². The van der Waals surface area contributed by atoms with E-state index < -0.39 is 180 Å². The molecule has 0 bridgehead atoms. The Balaban J connectivity index is 1.07. The van der Waals surface area contributed by atoms with Crippen molar-refractivity contribution in [1.29, 1.82) is 0 Å². The van der Waals surface area contributed by atoms with Crippen molar-refractivity contribution in [2.75, 3.05) is 72.5 Å². The fourth-order valence-corrected chi connectivity index (χ4v) is 14.2. The fourth-order valence-electron chi connectivity index (χ4n) is 13.9. The number of nitrogens with one attached hydrogen (secondary N) is 13. The van der Waals surface area contributed by atoms with Crippen molar-refractivity contribution in [1.82, 2.24) is 68.5 Å². The maximum atomic E-state index is 14.6. The SMILES string of the molecule is CCCC[C@H](NC(=O)[C@H](Cc1ccc(OS(=O)(=O)O)cc1)NC(=O)[C@H](CC(=O)O)NC(=O)COCCOCCNC(=O)COCCOCCNC(=O)CC[C@H](NC(=O)CCCCCCCCCCCCCCCCC(=O)O)C(=O)O)C(=O)NCC(=O)N[C@@H](Cc1c[nH]c2ccccc12)C(=O)N[C@@H](CCCC)C(=O)N[C@@H](CC(=O)O)C(=O)N[C@@H](Cc1c[nH]c2ccccc12)C(N)=O. The molecule has 0 unspecified atom stereocenters. The van der Waals surface area contributed by atoms with Gasteiger partial charge in [-0.1, -0.05) is 165 Å². The van der Waals surface area contributed by atoms with E-state index in [1.165, 1.54) is 37.8 Å². The van der Waals surface area contributed by atoms with Crippen molar-refractivity contribution < 1.29 is 133 Å². The Hall–Kier alpha value is -12.2. The lowest BCUT2D eigenvalue weighted by molar-refractivity contribution is -0.142. The average Bonchev–Trinajstić information content (AvgIpc) is 1.68. The number of carboxylic acid groups (broad SMARTS) is 4. The lowest BCUT2D eigenvalue weighted by atomic mass is 10.0. The summed E-state index contributed by atoms with van der Waals surface area (Å²) in [5.74, 6) is -15.9. The molecular formula is C88H128N14O28S. The third-order valence-corrected chi connectivity index (χ3v) is 21.2. The second kappa shape index (κ2) is 61.4. The molecule has 0 saturated carbocycles. The number of H-pyrrole nitrogens is 2. The van der Waals surface area contributed by atoms with Crippen LogP contribution in [0.1, 0.15) is 197 Å². The molecule has 2 aromatic heterocycles. The van der Waals surface area contributed by atoms with Crippen molar-refractivity contribution in [3.63, 3.8) is 0 Å². The zero-order chi connectivity index (χ0) is 95.9. The lowest BCUT2D eigenvalue weighted by Gasteiger charge is -2.26. The van der Waals surface area contributed by atoms with E-state index in [9.17, 15) is 105 Å². The Morgan fingerprint density at radius 3 is 1.27 bits per heavy atom. The van der Waals surface area contributed by atoms with Crippen LogP contribution >= 0.6 is 0 Å². The summed E-state index contributed by atoms with van der Waals surface area (Å²) < 4.78 is 58.3. The zero-order valence-electron chi connectivity index (χ0n) is 74.1. The summed E-state index contributed by atoms with van der Waals surface area (Å²) >= 11 is 0. The molecule has 2 heterocycles. The molecule has 0 aliphatic heterocycles. The van der Waals surface area contributed by atoms with Crippen LogP contribution in [-0.2, 0) is 125 Å². The van der Waals surface area contributed by atoms with E-state index in [0.29, 0.717) is 47.7 Å². The highest BCUT2D eigenvalue weighted by Crippen LogP contribution is 2.23. The lowest BCUT2D eigenvalue weighted by Crippen LogP contribution is -2.59. The van der Waals surface area contributed by atoms with Gasteiger partial charge in [0.15, 0.2) is 0 Å². The van der Waals surface area contributed by atoms with Crippen molar-refractivity contribution in [3.8, 4) is 5.75 Å². The van der Waals surface area contributed by atoms with E-state index in [0.717, 1.165) is 80.8 Å². The molecule has 43 heteroatoms. The van der Waals surface area contributed by atoms with Gasteiger partial charge in [0.05, 0.1) is 59.0 Å². The molecule has 3 aromatic carbocycles. The number of carbonyl (C=O) groups excluding carboxylic acids is 12. The predicted octanol–water partition coefficient (Wildman–Crippen LogP) is 3.16. The van der Waals surface area contributed by atoms with Crippen molar-refractivity contribution in [3.05, 3.63) is 102 Å². The number of amides is 12. The van der Waals surface area contributed by atoms with Crippen LogP contribution in [-0.4, -0.2) is 259 Å². The van der Waals surface area contributed by atoms with E-state index in [1.807, 2.05) is 0 Å². The number of hydrogen-bond donors (Lipinski definition) is 19. The first kappa shape index (κ1) is 109. The Morgan fingerprint density at radius 2 is 0.779 bits per heavy atom. The maximum absolute atomic E-state index is 14.6. The molecule has 42 nitrogen and oxygen atoms in total. The first-order valence-electron chi connectivity index (χ1n) is 44.3. The highest BCUT2D eigenvalue weighted by atomic mass is 32.3. The van der Waals surface area contributed by atoms with Gasteiger partial charge in [-0.25, -0.2) is 4.79 Å². The Morgan fingerprint density at radius 1 is 0.374 bits per heavy atom. The van der Waals surface area contributed by atoms with Gasteiger partial charge in [0.2, 0.25) is 70.9 Å². The van der Waals surface area contributed by atoms with Crippen LogP contribution in [0, 0.1) is 0 Å². The number of rotatable bonds is 72. The molecule has 0 spiro atoms. The molecule has 0 fully saturated rings. The number of benzene rings is 3. The number of aliphatic carboxylic acids is 4. The third kappa shape index (κ3) is 45.8. The molecular weight excluding hydrogens is 1730 g/mol. The van der Waals surface area contributed by atoms with Crippen molar-refractivity contribution in [2.24, 2.45) is 5.73 Å². The van der Waals surface area contributed by atoms with E-state index >= 15 is 0 Å². The topological polar surface area (TPSA) is 644 Å². The molecule has 8 atom stereocenters. The summed E-state index contributed by atoms with van der Waals surface area (Å²) in [5, 5.41) is 67.1. The monoisotopic (exact) mass is 1860 g/mol. The van der Waals surface area contributed by atoms with Crippen LogP contribution in [0.3, 0.4) is 0 Å². The summed E-state index contributed by atoms with van der Waals surface area (Å²) in [6, 6.07) is 6.41. The van der Waals surface area contributed by atoms with Crippen LogP contribution in [0.4, 0.5) is 0 Å². The molecule has 131 heavy (non-hydrogen) atoms. The predicted molar refractivity (Wildman–Crippen MR) is 475 cm³/mol. The number of para-hydroxylation sites is 2. The van der Waals surface area contributed by atoms with E-state index in [1.54, 1.807) is 74.8 Å². The number of fused-ring (bicyclic) bond motifs is 2. The van der Waals surface area contributed by atoms with Gasteiger partial charge in [-0.05, 0) is 73.1 Å². The molecule has 0 radical (unpaired) electrons. The number of nitrogens with two attached hydrogens (primary N) is 1. The van der Waals surface area contributed by atoms with Crippen LogP contribution in [0.2, 0.25) is 0 Å². The Bertz CT molecular complexity index is 4620. The van der Waals surface area contributed by atoms with Gasteiger partial charge in [0, 0.05) is 85.8 Å². The summed E-state index contributed by atoms with van der Waals surface area (Å²) in [7, 11) is -4.99. The average molecular weight is 1860 g/mol. The maximum Gasteiger partial charge on any atom is 0.446 e. The van der Waals surface area contributed by atoms with Gasteiger partial charge >= 0.3 is 34.3 Å². The van der Waals surface area contributed by atoms with Crippen LogP contribution in [0.25, 0.3) is 21.8 Å². The number of hydrogen-bond acceptors (Lipinski definition) is 23. The van der Waals surface area contributed by atoms with Gasteiger partial charge in [0.1, 0.15) is 67.3 Å². The first-order valence-corrected chi connectivity index (χ1v) is 45.6. The third-order valence-electron chi connectivity index (χ3n) is 20.8. The highest BCUT2D eigenvalue weighted by molar-refractivity contribution is 7.81. The minimum atomic E-state index is -4.99. The summed E-state index contributed by atoms with van der Waals surface area (Å²) in [6.07, 6.45) is 16.4. The van der Waals surface area contributed by atoms with Crippen LogP contribution in [0.15, 0.2) is 85.2 Å².